The molecule has 1 aromatic rings. The normalized spacial score (nSPS) is 17.4. The van der Waals surface area contributed by atoms with Crippen LogP contribution in [0, 0.1) is 5.41 Å². The third-order valence-electron chi connectivity index (χ3n) is 5.50. The fourth-order valence-corrected chi connectivity index (χ4v) is 3.73. The van der Waals surface area contributed by atoms with Crippen molar-refractivity contribution in [1.29, 1.82) is 5.41 Å². The highest BCUT2D eigenvalue weighted by Crippen LogP contribution is 2.38. The molecule has 0 atom stereocenters. The molecule has 5 nitrogen and oxygen atoms in total. The highest BCUT2D eigenvalue weighted by Gasteiger charge is 2.38. The van der Waals surface area contributed by atoms with Crippen LogP contribution in [-0.4, -0.2) is 49.4 Å². The molecule has 0 spiro atoms. The van der Waals surface area contributed by atoms with Crippen LogP contribution in [0.2, 0.25) is 5.02 Å². The average Bonchev–Trinajstić information content (AvgIpc) is 2.70. The Kier molecular flexibility index (Phi) is 7.82. The van der Waals surface area contributed by atoms with E-state index in [2.05, 4.69) is 6.92 Å². The van der Waals surface area contributed by atoms with Crippen molar-refractivity contribution < 1.29 is 28.0 Å². The van der Waals surface area contributed by atoms with Crippen LogP contribution in [0.25, 0.3) is 0 Å². The lowest BCUT2D eigenvalue weighted by Gasteiger charge is -2.39. The fourth-order valence-electron chi connectivity index (χ4n) is 3.35. The zero-order valence-corrected chi connectivity index (χ0v) is 18.5. The SMILES string of the molecule is COc1cc(C2(C)CCN(C(=O)C[NH2+]/C(C)=C(/Cl)C(=N)C(F)(F)F)CC2)ccc1Cl. The molecule has 0 radical (unpaired) electrons. The van der Waals surface area contributed by atoms with Crippen molar-refractivity contribution in [2.24, 2.45) is 0 Å². The van der Waals surface area contributed by atoms with Crippen LogP contribution in [0.4, 0.5) is 13.2 Å². The minimum absolute atomic E-state index is 0.0578. The van der Waals surface area contributed by atoms with E-state index in [1.807, 2.05) is 12.1 Å². The van der Waals surface area contributed by atoms with Gasteiger partial charge in [-0.3, -0.25) is 10.2 Å². The van der Waals surface area contributed by atoms with E-state index in [1.165, 1.54) is 12.2 Å². The predicted octanol–water partition coefficient (Wildman–Crippen LogP) is 3.84. The van der Waals surface area contributed by atoms with Gasteiger partial charge < -0.3 is 15.0 Å². The molecule has 30 heavy (non-hydrogen) atoms. The largest absolute Gasteiger partial charge is 0.495 e. The van der Waals surface area contributed by atoms with Gasteiger partial charge in [-0.1, -0.05) is 36.2 Å². The number of likely N-dealkylation sites (tertiary alicyclic amines) is 1. The molecule has 0 saturated carbocycles. The molecule has 166 valence electrons. The molecular weight excluding hydrogens is 442 g/mol. The Balaban J connectivity index is 1.96. The summed E-state index contributed by atoms with van der Waals surface area (Å²) < 4.78 is 43.0. The molecule has 1 aliphatic heterocycles. The first kappa shape index (κ1) is 24.5. The van der Waals surface area contributed by atoms with Crippen LogP contribution < -0.4 is 10.1 Å². The first-order valence-corrected chi connectivity index (χ1v) is 10.1. The zero-order valence-electron chi connectivity index (χ0n) is 17.0. The van der Waals surface area contributed by atoms with E-state index in [4.69, 9.17) is 33.3 Å². The van der Waals surface area contributed by atoms with Crippen molar-refractivity contribution in [2.75, 3.05) is 26.7 Å². The number of carbonyl (C=O) groups is 1. The maximum atomic E-state index is 12.6. The molecule has 1 aliphatic rings. The molecule has 0 aromatic heterocycles. The highest BCUT2D eigenvalue weighted by atomic mass is 35.5. The van der Waals surface area contributed by atoms with Crippen LogP contribution >= 0.6 is 23.2 Å². The van der Waals surface area contributed by atoms with Crippen LogP contribution in [0.15, 0.2) is 28.9 Å². The second-order valence-corrected chi connectivity index (χ2v) is 8.35. The summed E-state index contributed by atoms with van der Waals surface area (Å²) in [4.78, 5) is 14.2. The number of amides is 1. The molecule has 0 unspecified atom stereocenters. The van der Waals surface area contributed by atoms with Crippen molar-refractivity contribution in [2.45, 2.75) is 38.3 Å². The average molecular weight is 467 g/mol. The highest BCUT2D eigenvalue weighted by molar-refractivity contribution is 6.44. The smallest absolute Gasteiger partial charge is 0.434 e. The standard InChI is InChI=1S/C20H24Cl2F3N3O2/c1-12(17(22)18(26)20(23,24)25)27-11-16(29)28-8-6-19(2,7-9-28)13-4-5-14(21)15(10-13)30-3/h4-5,10,26-27H,6-9,11H2,1-3H3/p+1/b17-12+,26-18?. The maximum Gasteiger partial charge on any atom is 0.434 e. The topological polar surface area (TPSA) is 70.0 Å². The number of hydrogen-bond acceptors (Lipinski definition) is 3. The van der Waals surface area contributed by atoms with Crippen LogP contribution in [-0.2, 0) is 10.2 Å². The van der Waals surface area contributed by atoms with Gasteiger partial charge in [0, 0.05) is 20.0 Å². The summed E-state index contributed by atoms with van der Waals surface area (Å²) in [7, 11) is 1.56. The van der Waals surface area contributed by atoms with Crippen LogP contribution in [0.3, 0.4) is 0 Å². The van der Waals surface area contributed by atoms with Crippen molar-refractivity contribution in [3.05, 3.63) is 39.5 Å². The number of methoxy groups -OCH3 is 1. The molecule has 1 fully saturated rings. The van der Waals surface area contributed by atoms with Gasteiger partial charge in [0.15, 0.2) is 12.3 Å². The Morgan fingerprint density at radius 1 is 1.33 bits per heavy atom. The molecule has 1 amide bonds. The van der Waals surface area contributed by atoms with Gasteiger partial charge in [0.05, 0.1) is 12.1 Å². The van der Waals surface area contributed by atoms with E-state index in [0.717, 1.165) is 18.4 Å². The van der Waals surface area contributed by atoms with Gasteiger partial charge in [-0.05, 0) is 36.0 Å². The molecule has 1 heterocycles. The summed E-state index contributed by atoms with van der Waals surface area (Å²) in [5.41, 5.74) is -0.613. The molecular formula is C20H25Cl2F3N3O2+. The Bertz CT molecular complexity index is 848. The van der Waals surface area contributed by atoms with Gasteiger partial charge >= 0.3 is 6.18 Å². The summed E-state index contributed by atoms with van der Waals surface area (Å²) >= 11 is 11.7. The molecule has 1 aromatic carbocycles. The quantitative estimate of drug-likeness (QED) is 0.625. The summed E-state index contributed by atoms with van der Waals surface area (Å²) in [6.07, 6.45) is -3.35. The van der Waals surface area contributed by atoms with E-state index in [1.54, 1.807) is 18.1 Å². The summed E-state index contributed by atoms with van der Waals surface area (Å²) in [6, 6.07) is 5.67. The number of alkyl halides is 3. The van der Waals surface area contributed by atoms with E-state index in [-0.39, 0.29) is 23.6 Å². The number of halogens is 5. The van der Waals surface area contributed by atoms with E-state index < -0.39 is 16.9 Å². The molecule has 0 bridgehead atoms. The number of quaternary nitrogens is 1. The lowest BCUT2D eigenvalue weighted by Crippen LogP contribution is -2.84. The molecule has 0 aliphatic carbocycles. The van der Waals surface area contributed by atoms with Crippen LogP contribution in [0.1, 0.15) is 32.3 Å². The maximum absolute atomic E-state index is 12.6. The molecule has 1 saturated heterocycles. The van der Waals surface area contributed by atoms with Gasteiger partial charge in [-0.15, -0.1) is 0 Å². The number of nitrogens with two attached hydrogens (primary N) is 1. The van der Waals surface area contributed by atoms with Gasteiger partial charge in [0.1, 0.15) is 16.5 Å². The number of rotatable bonds is 6. The van der Waals surface area contributed by atoms with Crippen molar-refractivity contribution in [1.82, 2.24) is 4.90 Å². The Morgan fingerprint density at radius 2 is 1.93 bits per heavy atom. The second-order valence-electron chi connectivity index (χ2n) is 7.57. The Hall–Kier alpha value is -1.77. The molecule has 2 rings (SSSR count). The Labute approximate surface area is 183 Å². The minimum atomic E-state index is -4.82. The third-order valence-corrected chi connectivity index (χ3v) is 6.30. The van der Waals surface area contributed by atoms with Crippen LogP contribution in [0.5, 0.6) is 5.75 Å². The summed E-state index contributed by atoms with van der Waals surface area (Å²) in [5, 5.41) is 8.25. The number of nitrogens with one attached hydrogen (secondary N) is 1. The lowest BCUT2D eigenvalue weighted by molar-refractivity contribution is -0.595. The number of carbonyl (C=O) groups excluding carboxylic acids is 1. The number of ether oxygens (including phenoxy) is 1. The van der Waals surface area contributed by atoms with Crippen molar-refractivity contribution in [3.8, 4) is 5.75 Å². The Morgan fingerprint density at radius 3 is 2.47 bits per heavy atom. The number of piperidine rings is 1. The molecule has 3 N–H and O–H groups in total. The van der Waals surface area contributed by atoms with Gasteiger partial charge in [0.2, 0.25) is 0 Å². The number of nitrogens with zero attached hydrogens (tertiary/aromatic N) is 1. The second kappa shape index (κ2) is 9.58. The predicted molar refractivity (Wildman–Crippen MR) is 110 cm³/mol. The van der Waals surface area contributed by atoms with E-state index in [9.17, 15) is 18.0 Å². The summed E-state index contributed by atoms with van der Waals surface area (Å²) in [5.74, 6) is 0.417. The van der Waals surface area contributed by atoms with Gasteiger partial charge in [0.25, 0.3) is 5.91 Å². The third kappa shape index (κ3) is 5.68. The van der Waals surface area contributed by atoms with E-state index >= 15 is 0 Å². The molecule has 10 heteroatoms. The minimum Gasteiger partial charge on any atom is -0.495 e. The first-order chi connectivity index (χ1) is 13.9. The monoisotopic (exact) mass is 466 g/mol. The number of hydrogen-bond donors (Lipinski definition) is 2. The van der Waals surface area contributed by atoms with Gasteiger partial charge in [-0.2, -0.15) is 13.2 Å². The number of allylic oxidation sites excluding steroid dienone is 2. The van der Waals surface area contributed by atoms with E-state index in [0.29, 0.717) is 23.9 Å². The fraction of sp³-hybridized carbons (Fsp3) is 0.500. The van der Waals surface area contributed by atoms with Crippen molar-refractivity contribution in [3.63, 3.8) is 0 Å². The first-order valence-electron chi connectivity index (χ1n) is 9.36. The lowest BCUT2D eigenvalue weighted by atomic mass is 9.74. The summed E-state index contributed by atoms with van der Waals surface area (Å²) in [6.45, 7) is 4.47. The number of benzene rings is 1. The zero-order chi connectivity index (χ0) is 22.7. The van der Waals surface area contributed by atoms with Gasteiger partial charge in [-0.25, -0.2) is 0 Å². The van der Waals surface area contributed by atoms with Crippen molar-refractivity contribution >= 4 is 34.8 Å².